The quantitative estimate of drug-likeness (QED) is 0.530. The van der Waals surface area contributed by atoms with E-state index in [0.717, 1.165) is 0 Å². The number of aliphatic hydroxyl groups excluding tert-OH is 3. The molecule has 0 amide bonds. The van der Waals surface area contributed by atoms with Crippen molar-refractivity contribution in [3.8, 4) is 0 Å². The van der Waals surface area contributed by atoms with E-state index in [-0.39, 0.29) is 31.2 Å². The summed E-state index contributed by atoms with van der Waals surface area (Å²) in [5, 5.41) is 29.7. The van der Waals surface area contributed by atoms with Crippen LogP contribution in [0, 0.1) is 0 Å². The first-order valence-corrected chi connectivity index (χ1v) is 7.55. The van der Waals surface area contributed by atoms with Gasteiger partial charge in [0, 0.05) is 0 Å². The van der Waals surface area contributed by atoms with Crippen molar-refractivity contribution in [3.63, 3.8) is 0 Å². The third-order valence-corrected chi connectivity index (χ3v) is 4.67. The van der Waals surface area contributed by atoms with E-state index in [1.165, 1.54) is 7.11 Å². The monoisotopic (exact) mass is 318 g/mol. The Hall–Kier alpha value is -0.770. The van der Waals surface area contributed by atoms with Crippen LogP contribution in [0.4, 0.5) is 0 Å². The average Bonchev–Trinajstić information content (AvgIpc) is 2.85. The fourth-order valence-electron chi connectivity index (χ4n) is 3.50. The topological polar surface area (TPSA) is 115 Å². The van der Waals surface area contributed by atoms with Gasteiger partial charge in [-0.05, 0) is 12.8 Å². The van der Waals surface area contributed by atoms with E-state index in [1.807, 2.05) is 0 Å². The molecule has 3 aliphatic heterocycles. The number of fused-ring (bicyclic) bond motifs is 2. The number of hydrogen-bond donors (Lipinski definition) is 3. The van der Waals surface area contributed by atoms with Gasteiger partial charge in [0.15, 0.2) is 0 Å². The molecule has 3 aliphatic rings. The molecule has 8 nitrogen and oxygen atoms in total. The van der Waals surface area contributed by atoms with Gasteiger partial charge >= 0.3 is 5.97 Å². The molecule has 0 aliphatic carbocycles. The Labute approximate surface area is 127 Å². The third-order valence-electron chi connectivity index (χ3n) is 4.67. The summed E-state index contributed by atoms with van der Waals surface area (Å²) in [5.41, 5.74) is 0. The first-order chi connectivity index (χ1) is 10.5. The van der Waals surface area contributed by atoms with Gasteiger partial charge in [0.2, 0.25) is 0 Å². The number of methoxy groups -OCH3 is 1. The minimum atomic E-state index is -0.976. The van der Waals surface area contributed by atoms with Crippen LogP contribution in [0.5, 0.6) is 0 Å². The molecule has 0 bridgehead atoms. The summed E-state index contributed by atoms with van der Waals surface area (Å²) in [6, 6.07) is 0. The van der Waals surface area contributed by atoms with Gasteiger partial charge in [0.05, 0.1) is 32.3 Å². The fourth-order valence-corrected chi connectivity index (χ4v) is 3.50. The number of carbonyl (C=O) groups excluding carboxylic acids is 1. The Morgan fingerprint density at radius 3 is 2.50 bits per heavy atom. The molecule has 0 spiro atoms. The molecule has 3 N–H and O–H groups in total. The van der Waals surface area contributed by atoms with Crippen molar-refractivity contribution in [2.75, 3.05) is 13.7 Å². The van der Waals surface area contributed by atoms with Gasteiger partial charge in [0.1, 0.15) is 36.6 Å². The van der Waals surface area contributed by atoms with Crippen molar-refractivity contribution >= 4 is 5.97 Å². The van der Waals surface area contributed by atoms with Gasteiger partial charge in [-0.25, -0.2) is 0 Å². The van der Waals surface area contributed by atoms with E-state index in [1.54, 1.807) is 0 Å². The van der Waals surface area contributed by atoms with Gasteiger partial charge < -0.3 is 34.3 Å². The van der Waals surface area contributed by atoms with Crippen LogP contribution in [0.2, 0.25) is 0 Å². The minimum absolute atomic E-state index is 0.128. The number of ether oxygens (including phenoxy) is 4. The molecule has 0 aromatic rings. The van der Waals surface area contributed by atoms with Gasteiger partial charge in [-0.1, -0.05) is 0 Å². The molecule has 3 rings (SSSR count). The highest BCUT2D eigenvalue weighted by atomic mass is 16.6. The first kappa shape index (κ1) is 16.1. The van der Waals surface area contributed by atoms with Crippen LogP contribution in [-0.2, 0) is 23.7 Å². The van der Waals surface area contributed by atoms with Crippen LogP contribution in [0.25, 0.3) is 0 Å². The molecule has 8 atom stereocenters. The standard InChI is InChI=1S/C14H22O8/c1-19-9(16)4-6-2-3-7-12(20-6)11(18)14-13(21-7)10(17)8(5-15)22-14/h6-8,10-15,17-18H,2-5H2,1H3/t6-,7+,8-,10+,11+,12+,13+,14+/m1/s1. The molecular weight excluding hydrogens is 296 g/mol. The molecule has 3 saturated heterocycles. The van der Waals surface area contributed by atoms with Crippen molar-refractivity contribution < 1.29 is 39.1 Å². The van der Waals surface area contributed by atoms with Gasteiger partial charge in [-0.2, -0.15) is 0 Å². The maximum Gasteiger partial charge on any atom is 0.308 e. The highest BCUT2D eigenvalue weighted by molar-refractivity contribution is 5.69. The smallest absolute Gasteiger partial charge is 0.308 e. The van der Waals surface area contributed by atoms with Gasteiger partial charge in [0.25, 0.3) is 0 Å². The molecule has 0 saturated carbocycles. The zero-order valence-electron chi connectivity index (χ0n) is 12.3. The normalized spacial score (nSPS) is 47.6. The zero-order valence-corrected chi connectivity index (χ0v) is 12.3. The summed E-state index contributed by atoms with van der Waals surface area (Å²) >= 11 is 0. The number of hydrogen-bond acceptors (Lipinski definition) is 8. The Balaban J connectivity index is 1.67. The van der Waals surface area contributed by atoms with Crippen LogP contribution in [0.3, 0.4) is 0 Å². The van der Waals surface area contributed by atoms with Crippen LogP contribution in [0.15, 0.2) is 0 Å². The van der Waals surface area contributed by atoms with E-state index in [2.05, 4.69) is 4.74 Å². The summed E-state index contributed by atoms with van der Waals surface area (Å²) in [4.78, 5) is 11.3. The SMILES string of the molecule is COC(=O)C[C@H]1CC[C@@H]2O[C@H]3[C@@H](O)[C@@H](CO)O[C@H]3[C@@H](O)[C@H]2O1. The molecule has 0 aromatic carbocycles. The molecule has 22 heavy (non-hydrogen) atoms. The van der Waals surface area contributed by atoms with E-state index in [0.29, 0.717) is 12.8 Å². The maximum atomic E-state index is 11.3. The van der Waals surface area contributed by atoms with E-state index >= 15 is 0 Å². The molecule has 0 aromatic heterocycles. The number of carbonyl (C=O) groups is 1. The molecular formula is C14H22O8. The lowest BCUT2D eigenvalue weighted by Gasteiger charge is -2.46. The largest absolute Gasteiger partial charge is 0.469 e. The molecule has 3 fully saturated rings. The lowest BCUT2D eigenvalue weighted by molar-refractivity contribution is -0.259. The Morgan fingerprint density at radius 2 is 1.82 bits per heavy atom. The number of esters is 1. The summed E-state index contributed by atoms with van der Waals surface area (Å²) in [5.74, 6) is -0.361. The summed E-state index contributed by atoms with van der Waals surface area (Å²) in [7, 11) is 1.32. The van der Waals surface area contributed by atoms with Crippen molar-refractivity contribution in [2.45, 2.75) is 68.1 Å². The van der Waals surface area contributed by atoms with E-state index < -0.39 is 36.6 Å². The molecule has 8 heteroatoms. The van der Waals surface area contributed by atoms with Crippen LogP contribution >= 0.6 is 0 Å². The lowest BCUT2D eigenvalue weighted by atomic mass is 9.88. The molecule has 0 radical (unpaired) electrons. The Morgan fingerprint density at radius 1 is 1.09 bits per heavy atom. The molecule has 0 unspecified atom stereocenters. The summed E-state index contributed by atoms with van der Waals surface area (Å²) in [6.45, 7) is -0.342. The van der Waals surface area contributed by atoms with Crippen LogP contribution in [-0.4, -0.2) is 83.8 Å². The first-order valence-electron chi connectivity index (χ1n) is 7.55. The average molecular weight is 318 g/mol. The maximum absolute atomic E-state index is 11.3. The minimum Gasteiger partial charge on any atom is -0.469 e. The van der Waals surface area contributed by atoms with Crippen molar-refractivity contribution in [1.82, 2.24) is 0 Å². The second-order valence-corrected chi connectivity index (χ2v) is 6.02. The van der Waals surface area contributed by atoms with Crippen molar-refractivity contribution in [1.29, 1.82) is 0 Å². The Kier molecular flexibility index (Phi) is 4.67. The summed E-state index contributed by atoms with van der Waals surface area (Å²) in [6.07, 6.45) is -4.09. The second kappa shape index (κ2) is 6.38. The van der Waals surface area contributed by atoms with Gasteiger partial charge in [-0.15, -0.1) is 0 Å². The molecule has 126 valence electrons. The zero-order chi connectivity index (χ0) is 15.9. The number of aliphatic hydroxyl groups is 3. The predicted molar refractivity (Wildman–Crippen MR) is 70.9 cm³/mol. The summed E-state index contributed by atoms with van der Waals surface area (Å²) < 4.78 is 21.7. The van der Waals surface area contributed by atoms with E-state index in [9.17, 15) is 20.1 Å². The predicted octanol–water partition coefficient (Wildman–Crippen LogP) is -1.65. The van der Waals surface area contributed by atoms with Crippen molar-refractivity contribution in [2.24, 2.45) is 0 Å². The van der Waals surface area contributed by atoms with Crippen LogP contribution < -0.4 is 0 Å². The highest BCUT2D eigenvalue weighted by Gasteiger charge is 2.56. The van der Waals surface area contributed by atoms with Crippen molar-refractivity contribution in [3.05, 3.63) is 0 Å². The van der Waals surface area contributed by atoms with Crippen LogP contribution in [0.1, 0.15) is 19.3 Å². The lowest BCUT2D eigenvalue weighted by Crippen LogP contribution is -2.61. The fraction of sp³-hybridized carbons (Fsp3) is 0.929. The van der Waals surface area contributed by atoms with E-state index in [4.69, 9.17) is 14.2 Å². The molecule has 3 heterocycles. The second-order valence-electron chi connectivity index (χ2n) is 6.02. The highest BCUT2D eigenvalue weighted by Crippen LogP contribution is 2.39. The number of rotatable bonds is 3. The van der Waals surface area contributed by atoms with Gasteiger partial charge in [-0.3, -0.25) is 4.79 Å². The Bertz CT molecular complexity index is 416. The third kappa shape index (κ3) is 2.75.